The van der Waals surface area contributed by atoms with E-state index in [2.05, 4.69) is 0 Å². The standard InChI is InChI=1S/C6H12F2O/c1-4(2)5(9)6(3,7)8/h4-5,9H,1-3H3/t5-/m0/s1. The van der Waals surface area contributed by atoms with Gasteiger partial charge in [0, 0.05) is 6.92 Å². The van der Waals surface area contributed by atoms with Gasteiger partial charge in [-0.15, -0.1) is 0 Å². The van der Waals surface area contributed by atoms with Crippen molar-refractivity contribution in [1.29, 1.82) is 0 Å². The molecule has 1 nitrogen and oxygen atoms in total. The number of halogens is 2. The van der Waals surface area contributed by atoms with Crippen molar-refractivity contribution in [2.45, 2.75) is 32.8 Å². The molecule has 0 bridgehead atoms. The summed E-state index contributed by atoms with van der Waals surface area (Å²) in [4.78, 5) is 0. The van der Waals surface area contributed by atoms with E-state index < -0.39 is 12.0 Å². The summed E-state index contributed by atoms with van der Waals surface area (Å²) >= 11 is 0. The molecule has 0 aromatic rings. The van der Waals surface area contributed by atoms with E-state index in [1.54, 1.807) is 13.8 Å². The first-order chi connectivity index (χ1) is 3.85. The first kappa shape index (κ1) is 8.82. The Kier molecular flexibility index (Phi) is 2.55. The number of rotatable bonds is 2. The van der Waals surface area contributed by atoms with Crippen molar-refractivity contribution in [3.8, 4) is 0 Å². The van der Waals surface area contributed by atoms with Crippen molar-refractivity contribution in [3.05, 3.63) is 0 Å². The zero-order valence-corrected chi connectivity index (χ0v) is 5.86. The molecule has 0 aliphatic rings. The zero-order valence-electron chi connectivity index (χ0n) is 5.86. The van der Waals surface area contributed by atoms with E-state index in [1.165, 1.54) is 0 Å². The third-order valence-electron chi connectivity index (χ3n) is 1.15. The molecule has 1 atom stereocenters. The van der Waals surface area contributed by atoms with E-state index >= 15 is 0 Å². The number of aliphatic hydroxyl groups is 1. The quantitative estimate of drug-likeness (QED) is 0.615. The molecule has 0 saturated carbocycles. The molecule has 0 aromatic carbocycles. The number of hydrogen-bond acceptors (Lipinski definition) is 1. The molecule has 0 saturated heterocycles. The van der Waals surface area contributed by atoms with Crippen LogP contribution in [-0.2, 0) is 0 Å². The van der Waals surface area contributed by atoms with Crippen molar-refractivity contribution < 1.29 is 13.9 Å². The number of hydrogen-bond donors (Lipinski definition) is 1. The number of alkyl halides is 2. The van der Waals surface area contributed by atoms with Crippen molar-refractivity contribution in [3.63, 3.8) is 0 Å². The normalized spacial score (nSPS) is 16.3. The summed E-state index contributed by atoms with van der Waals surface area (Å²) in [5.74, 6) is -3.35. The second-order valence-corrected chi connectivity index (χ2v) is 2.65. The summed E-state index contributed by atoms with van der Waals surface area (Å²) in [6, 6.07) is 0. The Bertz CT molecular complexity index is 85.5. The lowest BCUT2D eigenvalue weighted by Gasteiger charge is -2.20. The fraction of sp³-hybridized carbons (Fsp3) is 1.00. The maximum absolute atomic E-state index is 12.1. The lowest BCUT2D eigenvalue weighted by atomic mass is 10.0. The van der Waals surface area contributed by atoms with Gasteiger partial charge < -0.3 is 5.11 Å². The summed E-state index contributed by atoms with van der Waals surface area (Å²) in [6.45, 7) is 3.84. The first-order valence-electron chi connectivity index (χ1n) is 2.91. The van der Waals surface area contributed by atoms with Gasteiger partial charge in [-0.3, -0.25) is 0 Å². The Labute approximate surface area is 53.7 Å². The molecular weight excluding hydrogens is 126 g/mol. The minimum Gasteiger partial charge on any atom is -0.387 e. The van der Waals surface area contributed by atoms with Gasteiger partial charge in [-0.05, 0) is 5.92 Å². The molecule has 0 rings (SSSR count). The highest BCUT2D eigenvalue weighted by Gasteiger charge is 2.34. The maximum Gasteiger partial charge on any atom is 0.270 e. The van der Waals surface area contributed by atoms with Crippen LogP contribution >= 0.6 is 0 Å². The van der Waals surface area contributed by atoms with E-state index in [0.717, 1.165) is 6.92 Å². The smallest absolute Gasteiger partial charge is 0.270 e. The average Bonchev–Trinajstić information content (AvgIpc) is 1.62. The van der Waals surface area contributed by atoms with Gasteiger partial charge in [0.2, 0.25) is 0 Å². The second-order valence-electron chi connectivity index (χ2n) is 2.65. The van der Waals surface area contributed by atoms with Crippen LogP contribution in [0.25, 0.3) is 0 Å². The molecule has 0 amide bonds. The third-order valence-corrected chi connectivity index (χ3v) is 1.15. The summed E-state index contributed by atoms with van der Waals surface area (Å²) in [6.07, 6.45) is -1.52. The summed E-state index contributed by atoms with van der Waals surface area (Å²) in [5, 5.41) is 8.71. The van der Waals surface area contributed by atoms with Crippen LogP contribution in [0.1, 0.15) is 20.8 Å². The Morgan fingerprint density at radius 2 is 1.67 bits per heavy atom. The SMILES string of the molecule is CC(C)[C@H](O)C(C)(F)F. The fourth-order valence-corrected chi connectivity index (χ4v) is 0.585. The minimum absolute atomic E-state index is 0.384. The Balaban J connectivity index is 3.88. The lowest BCUT2D eigenvalue weighted by molar-refractivity contribution is -0.112. The van der Waals surface area contributed by atoms with Crippen LogP contribution in [-0.4, -0.2) is 17.1 Å². The molecule has 0 heterocycles. The van der Waals surface area contributed by atoms with Gasteiger partial charge in [-0.1, -0.05) is 13.8 Å². The van der Waals surface area contributed by atoms with E-state index in [9.17, 15) is 8.78 Å². The molecule has 0 radical (unpaired) electrons. The monoisotopic (exact) mass is 138 g/mol. The van der Waals surface area contributed by atoms with Gasteiger partial charge in [0.1, 0.15) is 6.10 Å². The highest BCUT2D eigenvalue weighted by Crippen LogP contribution is 2.22. The van der Waals surface area contributed by atoms with Crippen molar-refractivity contribution in [1.82, 2.24) is 0 Å². The van der Waals surface area contributed by atoms with Gasteiger partial charge in [-0.25, -0.2) is 8.78 Å². The average molecular weight is 138 g/mol. The molecular formula is C6H12F2O. The lowest BCUT2D eigenvalue weighted by Crippen LogP contribution is -2.34. The summed E-state index contributed by atoms with van der Waals surface area (Å²) < 4.78 is 24.2. The molecule has 3 heteroatoms. The van der Waals surface area contributed by atoms with Gasteiger partial charge >= 0.3 is 0 Å². The highest BCUT2D eigenvalue weighted by molar-refractivity contribution is 4.73. The van der Waals surface area contributed by atoms with E-state index in [1.807, 2.05) is 0 Å². The molecule has 0 spiro atoms. The maximum atomic E-state index is 12.1. The molecule has 1 N–H and O–H groups in total. The van der Waals surface area contributed by atoms with Crippen LogP contribution in [0.4, 0.5) is 8.78 Å². The van der Waals surface area contributed by atoms with E-state index in [4.69, 9.17) is 5.11 Å². The summed E-state index contributed by atoms with van der Waals surface area (Å²) in [7, 11) is 0. The van der Waals surface area contributed by atoms with Gasteiger partial charge in [0.05, 0.1) is 0 Å². The molecule has 0 aromatic heterocycles. The molecule has 0 unspecified atom stereocenters. The van der Waals surface area contributed by atoms with Gasteiger partial charge in [0.25, 0.3) is 5.92 Å². The van der Waals surface area contributed by atoms with Crippen LogP contribution in [0.3, 0.4) is 0 Å². The first-order valence-corrected chi connectivity index (χ1v) is 2.91. The predicted molar refractivity (Wildman–Crippen MR) is 31.5 cm³/mol. The van der Waals surface area contributed by atoms with Crippen LogP contribution < -0.4 is 0 Å². The number of aliphatic hydroxyl groups excluding tert-OH is 1. The van der Waals surface area contributed by atoms with Crippen molar-refractivity contribution in [2.75, 3.05) is 0 Å². The molecule has 0 aliphatic carbocycles. The molecule has 9 heavy (non-hydrogen) atoms. The largest absolute Gasteiger partial charge is 0.387 e. The molecule has 0 fully saturated rings. The van der Waals surface area contributed by atoms with Crippen molar-refractivity contribution in [2.24, 2.45) is 5.92 Å². The van der Waals surface area contributed by atoms with Crippen molar-refractivity contribution >= 4 is 0 Å². The Hall–Kier alpha value is -0.180. The molecule has 56 valence electrons. The third kappa shape index (κ3) is 2.75. The van der Waals surface area contributed by atoms with Crippen LogP contribution in [0.5, 0.6) is 0 Å². The van der Waals surface area contributed by atoms with E-state index in [-0.39, 0.29) is 5.92 Å². The van der Waals surface area contributed by atoms with Crippen LogP contribution in [0.15, 0.2) is 0 Å². The fourth-order valence-electron chi connectivity index (χ4n) is 0.585. The van der Waals surface area contributed by atoms with Gasteiger partial charge in [-0.2, -0.15) is 0 Å². The summed E-state index contributed by atoms with van der Waals surface area (Å²) in [5.41, 5.74) is 0. The van der Waals surface area contributed by atoms with Gasteiger partial charge in [0.15, 0.2) is 0 Å². The Morgan fingerprint density at radius 3 is 1.67 bits per heavy atom. The second kappa shape index (κ2) is 2.60. The minimum atomic E-state index is -2.96. The zero-order chi connectivity index (χ0) is 7.65. The Morgan fingerprint density at radius 1 is 1.33 bits per heavy atom. The van der Waals surface area contributed by atoms with Crippen LogP contribution in [0, 0.1) is 5.92 Å². The highest BCUT2D eigenvalue weighted by atomic mass is 19.3. The predicted octanol–water partition coefficient (Wildman–Crippen LogP) is 1.66. The molecule has 0 aliphatic heterocycles. The van der Waals surface area contributed by atoms with Crippen LogP contribution in [0.2, 0.25) is 0 Å². The van der Waals surface area contributed by atoms with E-state index in [0.29, 0.717) is 0 Å². The topological polar surface area (TPSA) is 20.2 Å².